The van der Waals surface area contributed by atoms with Crippen molar-refractivity contribution in [2.24, 2.45) is 4.99 Å². The van der Waals surface area contributed by atoms with Crippen molar-refractivity contribution in [2.45, 2.75) is 19.8 Å². The van der Waals surface area contributed by atoms with E-state index < -0.39 is 0 Å². The average molecular weight is 195 g/mol. The van der Waals surface area contributed by atoms with Crippen molar-refractivity contribution in [1.29, 1.82) is 0 Å². The summed E-state index contributed by atoms with van der Waals surface area (Å²) in [5.41, 5.74) is 1.31. The van der Waals surface area contributed by atoms with Gasteiger partial charge in [0.1, 0.15) is 11.5 Å². The molecule has 0 spiro atoms. The largest absolute Gasteiger partial charge is 0.205 e. The minimum absolute atomic E-state index is 0.265. The summed E-state index contributed by atoms with van der Waals surface area (Å²) in [5, 5.41) is 2.16. The molecular weight excluding hydrogens is 185 g/mol. The van der Waals surface area contributed by atoms with Crippen LogP contribution < -0.4 is 0 Å². The molecule has 0 heterocycles. The SMILES string of the molecule is CC(C)c1ccc(F)c(N=C=S)c1. The number of benzene rings is 1. The van der Waals surface area contributed by atoms with Crippen molar-refractivity contribution in [2.75, 3.05) is 0 Å². The number of hydrogen-bond acceptors (Lipinski definition) is 2. The highest BCUT2D eigenvalue weighted by molar-refractivity contribution is 7.78. The van der Waals surface area contributed by atoms with Gasteiger partial charge in [-0.2, -0.15) is 4.99 Å². The highest BCUT2D eigenvalue weighted by Crippen LogP contribution is 2.23. The maximum absolute atomic E-state index is 13.0. The number of aliphatic imine (C=N–C) groups is 1. The van der Waals surface area contributed by atoms with E-state index in [1.807, 2.05) is 13.8 Å². The Kier molecular flexibility index (Phi) is 3.29. The molecule has 0 amide bonds. The third-order valence-electron chi connectivity index (χ3n) is 1.80. The Morgan fingerprint density at radius 3 is 2.69 bits per heavy atom. The molecule has 0 aliphatic carbocycles. The summed E-state index contributed by atoms with van der Waals surface area (Å²) >= 11 is 4.42. The van der Waals surface area contributed by atoms with Crippen molar-refractivity contribution in [3.05, 3.63) is 29.6 Å². The predicted molar refractivity (Wildman–Crippen MR) is 55.2 cm³/mol. The molecule has 0 saturated carbocycles. The monoisotopic (exact) mass is 195 g/mol. The van der Waals surface area contributed by atoms with Crippen LogP contribution in [0.15, 0.2) is 23.2 Å². The van der Waals surface area contributed by atoms with E-state index in [-0.39, 0.29) is 11.5 Å². The van der Waals surface area contributed by atoms with Crippen LogP contribution >= 0.6 is 12.2 Å². The molecule has 0 radical (unpaired) electrons. The molecule has 0 fully saturated rings. The van der Waals surface area contributed by atoms with Crippen LogP contribution in [0.1, 0.15) is 25.3 Å². The summed E-state index contributed by atoms with van der Waals surface area (Å²) in [6.45, 7) is 4.08. The topological polar surface area (TPSA) is 12.4 Å². The molecule has 0 atom stereocenters. The van der Waals surface area contributed by atoms with E-state index in [1.54, 1.807) is 12.1 Å². The molecule has 68 valence electrons. The Labute approximate surface area is 82.3 Å². The molecule has 13 heavy (non-hydrogen) atoms. The van der Waals surface area contributed by atoms with E-state index in [0.29, 0.717) is 5.92 Å². The van der Waals surface area contributed by atoms with Crippen LogP contribution in [0.25, 0.3) is 0 Å². The fourth-order valence-electron chi connectivity index (χ4n) is 1.02. The van der Waals surface area contributed by atoms with Crippen LogP contribution in [-0.4, -0.2) is 5.16 Å². The van der Waals surface area contributed by atoms with Gasteiger partial charge in [-0.25, -0.2) is 4.39 Å². The Bertz CT molecular complexity index is 354. The first-order valence-electron chi connectivity index (χ1n) is 4.02. The maximum atomic E-state index is 13.0. The summed E-state index contributed by atoms with van der Waals surface area (Å²) in [4.78, 5) is 3.64. The molecule has 3 heteroatoms. The molecule has 1 nitrogen and oxygen atoms in total. The first-order valence-corrected chi connectivity index (χ1v) is 4.43. The second kappa shape index (κ2) is 4.26. The molecule has 0 aliphatic rings. The summed E-state index contributed by atoms with van der Waals surface area (Å²) in [7, 11) is 0. The number of hydrogen-bond donors (Lipinski definition) is 0. The first kappa shape index (κ1) is 10.0. The Morgan fingerprint density at radius 2 is 2.15 bits per heavy atom. The molecule has 0 N–H and O–H groups in total. The number of isothiocyanates is 1. The van der Waals surface area contributed by atoms with E-state index in [0.717, 1.165) is 5.56 Å². The van der Waals surface area contributed by atoms with Gasteiger partial charge >= 0.3 is 0 Å². The van der Waals surface area contributed by atoms with Gasteiger partial charge in [0, 0.05) is 0 Å². The lowest BCUT2D eigenvalue weighted by Gasteiger charge is -2.05. The van der Waals surface area contributed by atoms with Gasteiger partial charge in [-0.1, -0.05) is 19.9 Å². The van der Waals surface area contributed by atoms with E-state index in [4.69, 9.17) is 0 Å². The van der Waals surface area contributed by atoms with Crippen LogP contribution in [0.5, 0.6) is 0 Å². The molecule has 0 saturated heterocycles. The van der Waals surface area contributed by atoms with Crippen LogP contribution in [0.3, 0.4) is 0 Å². The summed E-state index contributed by atoms with van der Waals surface area (Å²) < 4.78 is 13.0. The zero-order chi connectivity index (χ0) is 9.84. The Balaban J connectivity index is 3.18. The van der Waals surface area contributed by atoms with E-state index >= 15 is 0 Å². The van der Waals surface area contributed by atoms with Crippen LogP contribution in [0.4, 0.5) is 10.1 Å². The molecule has 0 aromatic heterocycles. The van der Waals surface area contributed by atoms with Crippen molar-refractivity contribution < 1.29 is 4.39 Å². The Hall–Kier alpha value is -1.05. The molecule has 1 aromatic rings. The summed E-state index contributed by atoms with van der Waals surface area (Å²) in [6.07, 6.45) is 0. The fourth-order valence-corrected chi connectivity index (χ4v) is 1.12. The second-order valence-corrected chi connectivity index (χ2v) is 3.25. The van der Waals surface area contributed by atoms with Gasteiger partial charge in [-0.3, -0.25) is 0 Å². The van der Waals surface area contributed by atoms with E-state index in [1.165, 1.54) is 6.07 Å². The third-order valence-corrected chi connectivity index (χ3v) is 1.89. The first-order chi connectivity index (χ1) is 6.15. The lowest BCUT2D eigenvalue weighted by molar-refractivity contribution is 0.628. The summed E-state index contributed by atoms with van der Waals surface area (Å²) in [5.74, 6) is 0.00132. The molecule has 0 aliphatic heterocycles. The van der Waals surface area contributed by atoms with Gasteiger partial charge in [0.25, 0.3) is 0 Å². The number of thiocarbonyl (C=S) groups is 1. The highest BCUT2D eigenvalue weighted by Gasteiger charge is 2.04. The summed E-state index contributed by atoms with van der Waals surface area (Å²) in [6, 6.07) is 4.85. The maximum Gasteiger partial charge on any atom is 0.149 e. The molecular formula is C10H10FNS. The number of rotatable bonds is 2. The van der Waals surface area contributed by atoms with Gasteiger partial charge in [0.2, 0.25) is 0 Å². The number of halogens is 1. The Morgan fingerprint density at radius 1 is 1.46 bits per heavy atom. The fraction of sp³-hybridized carbons (Fsp3) is 0.300. The minimum Gasteiger partial charge on any atom is -0.205 e. The van der Waals surface area contributed by atoms with Gasteiger partial charge < -0.3 is 0 Å². The van der Waals surface area contributed by atoms with Crippen molar-refractivity contribution in [1.82, 2.24) is 0 Å². The van der Waals surface area contributed by atoms with Crippen molar-refractivity contribution in [3.8, 4) is 0 Å². The molecule has 0 unspecified atom stereocenters. The lowest BCUT2D eigenvalue weighted by Crippen LogP contribution is -1.87. The zero-order valence-electron chi connectivity index (χ0n) is 7.54. The normalized spacial score (nSPS) is 9.85. The van der Waals surface area contributed by atoms with Gasteiger partial charge in [0.15, 0.2) is 0 Å². The zero-order valence-corrected chi connectivity index (χ0v) is 8.36. The molecule has 0 bridgehead atoms. The second-order valence-electron chi connectivity index (χ2n) is 3.07. The lowest BCUT2D eigenvalue weighted by atomic mass is 10.0. The van der Waals surface area contributed by atoms with Crippen LogP contribution in [0.2, 0.25) is 0 Å². The standard InChI is InChI=1S/C10H10FNS/c1-7(2)8-3-4-9(11)10(5-8)12-6-13/h3-5,7H,1-2H3. The highest BCUT2D eigenvalue weighted by atomic mass is 32.1. The average Bonchev–Trinajstić information content (AvgIpc) is 2.08. The van der Waals surface area contributed by atoms with Crippen molar-refractivity contribution >= 4 is 23.1 Å². The van der Waals surface area contributed by atoms with Crippen LogP contribution in [0, 0.1) is 5.82 Å². The predicted octanol–water partition coefficient (Wildman–Crippen LogP) is 3.68. The van der Waals surface area contributed by atoms with E-state index in [2.05, 4.69) is 22.4 Å². The van der Waals surface area contributed by atoms with E-state index in [9.17, 15) is 4.39 Å². The van der Waals surface area contributed by atoms with Gasteiger partial charge in [-0.15, -0.1) is 0 Å². The van der Waals surface area contributed by atoms with Gasteiger partial charge in [-0.05, 0) is 35.8 Å². The van der Waals surface area contributed by atoms with Gasteiger partial charge in [0.05, 0.1) is 5.16 Å². The molecule has 1 aromatic carbocycles. The number of nitrogens with zero attached hydrogens (tertiary/aromatic N) is 1. The molecule has 1 rings (SSSR count). The van der Waals surface area contributed by atoms with Crippen LogP contribution in [-0.2, 0) is 0 Å². The minimum atomic E-state index is -0.359. The van der Waals surface area contributed by atoms with Crippen molar-refractivity contribution in [3.63, 3.8) is 0 Å². The third kappa shape index (κ3) is 2.44. The smallest absolute Gasteiger partial charge is 0.149 e. The quantitative estimate of drug-likeness (QED) is 0.518.